The van der Waals surface area contributed by atoms with E-state index in [1.807, 2.05) is 0 Å². The zero-order valence-corrected chi connectivity index (χ0v) is 15.3. The molecule has 0 saturated carbocycles. The van der Waals surface area contributed by atoms with Crippen LogP contribution in [-0.4, -0.2) is 71.1 Å². The minimum Gasteiger partial charge on any atom is 0 e. The van der Waals surface area contributed by atoms with Crippen LogP contribution in [0.2, 0.25) is 0 Å². The molecule has 1 saturated heterocycles. The molecule has 0 aromatic carbocycles. The van der Waals surface area contributed by atoms with Gasteiger partial charge in [0.15, 0.2) is 0 Å². The zero-order valence-electron chi connectivity index (χ0n) is 12.7. The Kier molecular flexibility index (Phi) is 16.7. The van der Waals surface area contributed by atoms with E-state index in [4.69, 9.17) is 20.2 Å². The first-order valence-corrected chi connectivity index (χ1v) is 10.4. The molecule has 0 radical (unpaired) electrons. The quantitative estimate of drug-likeness (QED) is 0.494. The molecule has 1 heterocycles. The molecule has 1 atom stereocenters. The number of alkyl halides is 3. The first kappa shape index (κ1) is 23.7. The van der Waals surface area contributed by atoms with Crippen molar-refractivity contribution in [2.24, 2.45) is 0 Å². The van der Waals surface area contributed by atoms with Crippen LogP contribution in [0.4, 0.5) is 13.2 Å². The molecule has 11 heteroatoms. The first-order valence-electron chi connectivity index (χ1n) is 7.13. The van der Waals surface area contributed by atoms with Gasteiger partial charge in [-0.05, 0) is 0 Å². The van der Waals surface area contributed by atoms with Gasteiger partial charge in [-0.2, -0.15) is 72.1 Å². The van der Waals surface area contributed by atoms with E-state index in [2.05, 4.69) is 26.6 Å². The Bertz CT molecular complexity index is 266. The molecule has 1 fully saturated rings. The van der Waals surface area contributed by atoms with Crippen LogP contribution in [0.3, 0.4) is 0 Å². The SMILES string of the molecule is FC(F)(F)CC1C[N-]CC[N-]CC[N-]CC[N-]CC[N-]1.[Cl][Mn][Cl].[HH].[HH].[HH].[HH]. The van der Waals surface area contributed by atoms with Gasteiger partial charge in [-0.3, -0.25) is 0 Å². The largest absolute Gasteiger partial charge is 0 e. The number of nitrogens with zero attached hydrogens (tertiary/aromatic N) is 5. The van der Waals surface area contributed by atoms with Crippen molar-refractivity contribution in [1.82, 2.24) is 0 Å². The second-order valence-electron chi connectivity index (χ2n) is 4.58. The summed E-state index contributed by atoms with van der Waals surface area (Å²) in [6, 6.07) is -0.792. The molecule has 0 spiro atoms. The molecule has 0 aromatic heterocycles. The predicted molar refractivity (Wildman–Crippen MR) is 95.2 cm³/mol. The Hall–Kier alpha value is 0.689. The van der Waals surface area contributed by atoms with Gasteiger partial charge in [0.05, 0.1) is 0 Å². The zero-order chi connectivity index (χ0) is 17.4. The number of hydrogen-bond acceptors (Lipinski definition) is 0. The molecular formula is C12H29Cl2F3MnN5-5. The smallest absolute Gasteiger partial charge is 0 e. The van der Waals surface area contributed by atoms with Crippen LogP contribution in [0, 0.1) is 0 Å². The summed E-state index contributed by atoms with van der Waals surface area (Å²) in [5, 5.41) is 20.8. The first-order chi connectivity index (χ1) is 11.0. The molecule has 0 N–H and O–H groups in total. The molecule has 23 heavy (non-hydrogen) atoms. The molecule has 1 aliphatic rings. The van der Waals surface area contributed by atoms with Crippen LogP contribution in [0.5, 0.6) is 0 Å². The number of hydrogen-bond donors (Lipinski definition) is 0. The maximum atomic E-state index is 12.4. The second kappa shape index (κ2) is 16.2. The molecule has 1 unspecified atom stereocenters. The van der Waals surface area contributed by atoms with Gasteiger partial charge in [-0.25, -0.2) is 0 Å². The Morgan fingerprint density at radius 2 is 1.22 bits per heavy atom. The monoisotopic (exact) mass is 425 g/mol. The molecule has 5 nitrogen and oxygen atoms in total. The van der Waals surface area contributed by atoms with Gasteiger partial charge in [0.1, 0.15) is 0 Å². The normalized spacial score (nSPS) is 23.1. The van der Waals surface area contributed by atoms with Crippen molar-refractivity contribution in [3.8, 4) is 0 Å². The molecule has 1 aliphatic heterocycles. The summed E-state index contributed by atoms with van der Waals surface area (Å²) in [5.41, 5.74) is 0. The summed E-state index contributed by atoms with van der Waals surface area (Å²) in [4.78, 5) is 0. The van der Waals surface area contributed by atoms with Gasteiger partial charge in [0.25, 0.3) is 0 Å². The van der Waals surface area contributed by atoms with Gasteiger partial charge in [0.2, 0.25) is 0 Å². The summed E-state index contributed by atoms with van der Waals surface area (Å²) < 4.78 is 37.3. The minimum absolute atomic E-state index is 0. The third kappa shape index (κ3) is 18.9. The third-order valence-electron chi connectivity index (χ3n) is 2.70. The fraction of sp³-hybridized carbons (Fsp3) is 1.00. The van der Waals surface area contributed by atoms with E-state index in [-0.39, 0.29) is 25.4 Å². The van der Waals surface area contributed by atoms with Gasteiger partial charge in [-0.15, -0.1) is 6.04 Å². The van der Waals surface area contributed by atoms with Crippen molar-refractivity contribution in [2.45, 2.75) is 18.6 Å². The molecule has 0 aromatic rings. The maximum absolute atomic E-state index is 12.4. The van der Waals surface area contributed by atoms with Gasteiger partial charge in [-0.1, -0.05) is 0 Å². The third-order valence-corrected chi connectivity index (χ3v) is 2.70. The van der Waals surface area contributed by atoms with Gasteiger partial charge >= 0.3 is 39.5 Å². The Balaban J connectivity index is -0.000000216. The average molecular weight is 426 g/mol. The molecular weight excluding hydrogens is 397 g/mol. The van der Waals surface area contributed by atoms with Crippen molar-refractivity contribution in [3.05, 3.63) is 26.6 Å². The van der Waals surface area contributed by atoms with Crippen LogP contribution >= 0.6 is 20.2 Å². The molecule has 0 bridgehead atoms. The standard InChI is InChI=1S/C12H21F3N5.2ClH.Mn.4H2/c13-12(14,15)9-11-10-19-6-5-17-2-1-16-3-4-18-7-8-20-11;;;;;;;/h11H,1-10H2;2*1H;;4*1H/q-5;;;+2;;;;/p-2. The fourth-order valence-electron chi connectivity index (χ4n) is 1.77. The Morgan fingerprint density at radius 3 is 1.65 bits per heavy atom. The summed E-state index contributed by atoms with van der Waals surface area (Å²) in [6.45, 7) is 4.44. The average Bonchev–Trinajstić information content (AvgIpc) is 2.46. The molecule has 0 amide bonds. The van der Waals surface area contributed by atoms with Crippen LogP contribution in [-0.2, 0) is 13.1 Å². The van der Waals surface area contributed by atoms with E-state index < -0.39 is 18.6 Å². The maximum Gasteiger partial charge on any atom is 0 e. The Labute approximate surface area is 156 Å². The van der Waals surface area contributed by atoms with Gasteiger partial charge in [0, 0.05) is 12.1 Å². The van der Waals surface area contributed by atoms with E-state index in [9.17, 15) is 13.2 Å². The summed E-state index contributed by atoms with van der Waals surface area (Å²) in [6.07, 6.45) is -5.12. The van der Waals surface area contributed by atoms with Crippen LogP contribution in [0.15, 0.2) is 0 Å². The topological polar surface area (TPSA) is 70.5 Å². The second-order valence-corrected chi connectivity index (χ2v) is 6.53. The van der Waals surface area contributed by atoms with Crippen LogP contribution in [0.1, 0.15) is 12.1 Å². The van der Waals surface area contributed by atoms with Crippen molar-refractivity contribution < 1.29 is 32.0 Å². The summed E-state index contributed by atoms with van der Waals surface area (Å²) in [5.74, 6) is 0. The van der Waals surface area contributed by atoms with E-state index >= 15 is 0 Å². The Morgan fingerprint density at radius 1 is 0.826 bits per heavy atom. The van der Waals surface area contributed by atoms with Crippen molar-refractivity contribution >= 4 is 20.2 Å². The van der Waals surface area contributed by atoms with E-state index in [1.165, 1.54) is 0 Å². The summed E-state index contributed by atoms with van der Waals surface area (Å²) in [7, 11) is 9.59. The minimum atomic E-state index is -4.20. The number of rotatable bonds is 1. The number of halogens is 5. The van der Waals surface area contributed by atoms with E-state index in [0.717, 1.165) is 0 Å². The van der Waals surface area contributed by atoms with Crippen LogP contribution < -0.4 is 0 Å². The van der Waals surface area contributed by atoms with Crippen molar-refractivity contribution in [2.75, 3.05) is 58.9 Å². The van der Waals surface area contributed by atoms with Crippen molar-refractivity contribution in [1.29, 1.82) is 0 Å². The molecule has 1 rings (SSSR count). The van der Waals surface area contributed by atoms with E-state index in [0.29, 0.717) is 52.4 Å². The fourth-order valence-corrected chi connectivity index (χ4v) is 1.77. The van der Waals surface area contributed by atoms with Crippen molar-refractivity contribution in [3.63, 3.8) is 0 Å². The van der Waals surface area contributed by atoms with E-state index in [1.54, 1.807) is 0 Å². The molecule has 0 aliphatic carbocycles. The van der Waals surface area contributed by atoms with Gasteiger partial charge < -0.3 is 26.6 Å². The molecule has 149 valence electrons. The predicted octanol–water partition coefficient (Wildman–Crippen LogP) is 5.55. The van der Waals surface area contributed by atoms with Crippen LogP contribution in [0.25, 0.3) is 26.6 Å². The summed E-state index contributed by atoms with van der Waals surface area (Å²) >= 11 is 0.00694.